The van der Waals surface area contributed by atoms with Crippen molar-refractivity contribution in [3.8, 4) is 33.4 Å². The van der Waals surface area contributed by atoms with Gasteiger partial charge in [-0.1, -0.05) is 188 Å². The van der Waals surface area contributed by atoms with Gasteiger partial charge in [-0.15, -0.1) is 0 Å². The average Bonchev–Trinajstić information content (AvgIpc) is 3.29. The van der Waals surface area contributed by atoms with Gasteiger partial charge in [-0.3, -0.25) is 0 Å². The van der Waals surface area contributed by atoms with Gasteiger partial charge in [-0.2, -0.15) is 0 Å². The SMILES string of the molecule is c1ccc(-c2ccc(N(c3ccccc3-c3ccc4ccccc4c3)c3ccc(-c4cc5ccc6ccccc6c5c5ccccc45)c4ccccc34)cc2)cc1. The molecule has 0 spiro atoms. The van der Waals surface area contributed by atoms with Crippen molar-refractivity contribution in [3.63, 3.8) is 0 Å². The fourth-order valence-corrected chi connectivity index (χ4v) is 8.93. The monoisotopic (exact) mass is 723 g/mol. The molecule has 11 rings (SSSR count). The molecule has 1 heteroatoms. The summed E-state index contributed by atoms with van der Waals surface area (Å²) >= 11 is 0. The second kappa shape index (κ2) is 13.7. The van der Waals surface area contributed by atoms with Gasteiger partial charge in [-0.25, -0.2) is 0 Å². The smallest absolute Gasteiger partial charge is 0.0540 e. The molecule has 0 amide bonds. The Kier molecular flexibility index (Phi) is 7.89. The van der Waals surface area contributed by atoms with Gasteiger partial charge in [0.25, 0.3) is 0 Å². The van der Waals surface area contributed by atoms with Crippen LogP contribution in [0.3, 0.4) is 0 Å². The van der Waals surface area contributed by atoms with E-state index in [4.69, 9.17) is 0 Å². The van der Waals surface area contributed by atoms with Crippen molar-refractivity contribution >= 4 is 70.9 Å². The van der Waals surface area contributed by atoms with Crippen LogP contribution in [-0.4, -0.2) is 0 Å². The quantitative estimate of drug-likeness (QED) is 0.154. The van der Waals surface area contributed by atoms with Gasteiger partial charge < -0.3 is 4.90 Å². The van der Waals surface area contributed by atoms with E-state index in [1.807, 2.05) is 0 Å². The molecule has 0 aromatic heterocycles. The molecular weight excluding hydrogens is 687 g/mol. The topological polar surface area (TPSA) is 3.24 Å². The maximum absolute atomic E-state index is 2.45. The lowest BCUT2D eigenvalue weighted by atomic mass is 9.88. The van der Waals surface area contributed by atoms with Crippen LogP contribution in [0.5, 0.6) is 0 Å². The van der Waals surface area contributed by atoms with E-state index in [-0.39, 0.29) is 0 Å². The average molecular weight is 724 g/mol. The molecule has 0 aliphatic carbocycles. The largest absolute Gasteiger partial charge is 0.309 e. The molecule has 0 bridgehead atoms. The summed E-state index contributed by atoms with van der Waals surface area (Å²) in [5, 5.41) is 12.5. The van der Waals surface area contributed by atoms with Crippen LogP contribution in [0.25, 0.3) is 87.2 Å². The van der Waals surface area contributed by atoms with Gasteiger partial charge in [0.15, 0.2) is 0 Å². The van der Waals surface area contributed by atoms with E-state index in [2.05, 4.69) is 229 Å². The zero-order chi connectivity index (χ0) is 37.7. The van der Waals surface area contributed by atoms with Crippen molar-refractivity contribution in [1.29, 1.82) is 0 Å². The molecule has 0 heterocycles. The molecule has 0 aliphatic rings. The molecule has 57 heavy (non-hydrogen) atoms. The van der Waals surface area contributed by atoms with E-state index < -0.39 is 0 Å². The Bertz CT molecular complexity index is 3290. The molecule has 0 radical (unpaired) electrons. The molecule has 0 saturated heterocycles. The molecule has 11 aromatic carbocycles. The Balaban J connectivity index is 1.15. The van der Waals surface area contributed by atoms with Crippen molar-refractivity contribution in [3.05, 3.63) is 224 Å². The van der Waals surface area contributed by atoms with E-state index in [1.165, 1.54) is 87.2 Å². The molecule has 266 valence electrons. The molecule has 0 atom stereocenters. The van der Waals surface area contributed by atoms with Crippen LogP contribution in [0.2, 0.25) is 0 Å². The summed E-state index contributed by atoms with van der Waals surface area (Å²) in [6.45, 7) is 0. The van der Waals surface area contributed by atoms with E-state index >= 15 is 0 Å². The fraction of sp³-hybridized carbons (Fsp3) is 0. The summed E-state index contributed by atoms with van der Waals surface area (Å²) < 4.78 is 0. The van der Waals surface area contributed by atoms with Crippen LogP contribution in [0, 0.1) is 0 Å². The third kappa shape index (κ3) is 5.63. The lowest BCUT2D eigenvalue weighted by Gasteiger charge is -2.30. The minimum absolute atomic E-state index is 1.10. The molecule has 0 N–H and O–H groups in total. The maximum atomic E-state index is 2.45. The first-order chi connectivity index (χ1) is 28.3. The summed E-state index contributed by atoms with van der Waals surface area (Å²) in [5.74, 6) is 0. The third-order valence-electron chi connectivity index (χ3n) is 11.6. The van der Waals surface area contributed by atoms with Crippen molar-refractivity contribution in [2.24, 2.45) is 0 Å². The maximum Gasteiger partial charge on any atom is 0.0540 e. The first-order valence-electron chi connectivity index (χ1n) is 19.7. The lowest BCUT2D eigenvalue weighted by Crippen LogP contribution is -2.12. The molecule has 0 aliphatic heterocycles. The molecule has 0 saturated carbocycles. The van der Waals surface area contributed by atoms with E-state index in [9.17, 15) is 0 Å². The Labute approximate surface area is 332 Å². The Morgan fingerprint density at radius 1 is 0.246 bits per heavy atom. The number of hydrogen-bond donors (Lipinski definition) is 0. The van der Waals surface area contributed by atoms with Crippen LogP contribution >= 0.6 is 0 Å². The summed E-state index contributed by atoms with van der Waals surface area (Å²) in [4.78, 5) is 2.45. The highest BCUT2D eigenvalue weighted by molar-refractivity contribution is 6.24. The zero-order valence-electron chi connectivity index (χ0n) is 31.3. The summed E-state index contributed by atoms with van der Waals surface area (Å²) in [6, 6.07) is 82.1. The van der Waals surface area contributed by atoms with Crippen molar-refractivity contribution < 1.29 is 0 Å². The van der Waals surface area contributed by atoms with Crippen molar-refractivity contribution in [2.75, 3.05) is 4.90 Å². The number of anilines is 3. The van der Waals surface area contributed by atoms with Crippen LogP contribution < -0.4 is 4.90 Å². The molecule has 11 aromatic rings. The van der Waals surface area contributed by atoms with E-state index in [0.717, 1.165) is 17.1 Å². The standard InChI is InChI=1S/C56H37N/c1-2-14-38(15-3-1)40-30-32-45(33-31-40)57(54-25-13-12-19-46(54)43-28-26-39-16-4-5-18-42(39)36-43)55-35-34-50(48-21-8-10-23-51(48)55)53-37-44-29-27-41-17-6-7-20-47(41)56(44)52-24-11-9-22-49(52)53/h1-37H. The van der Waals surface area contributed by atoms with Gasteiger partial charge in [0.2, 0.25) is 0 Å². The van der Waals surface area contributed by atoms with Crippen LogP contribution in [0.1, 0.15) is 0 Å². The minimum atomic E-state index is 1.10. The minimum Gasteiger partial charge on any atom is -0.309 e. The van der Waals surface area contributed by atoms with Gasteiger partial charge in [0.1, 0.15) is 0 Å². The highest BCUT2D eigenvalue weighted by atomic mass is 15.1. The normalized spacial score (nSPS) is 11.5. The highest BCUT2D eigenvalue weighted by Crippen LogP contribution is 2.47. The number of nitrogens with zero attached hydrogens (tertiary/aromatic N) is 1. The second-order valence-corrected chi connectivity index (χ2v) is 14.9. The Morgan fingerprint density at radius 3 is 1.61 bits per heavy atom. The molecule has 1 nitrogen and oxygen atoms in total. The third-order valence-corrected chi connectivity index (χ3v) is 11.6. The Hall–Kier alpha value is -7.48. The summed E-state index contributed by atoms with van der Waals surface area (Å²) in [6.07, 6.45) is 0. The molecular formula is C56H37N. The van der Waals surface area contributed by atoms with Crippen molar-refractivity contribution in [1.82, 2.24) is 0 Å². The number of para-hydroxylation sites is 1. The summed E-state index contributed by atoms with van der Waals surface area (Å²) in [5.41, 5.74) is 10.6. The second-order valence-electron chi connectivity index (χ2n) is 14.9. The van der Waals surface area contributed by atoms with Crippen LogP contribution in [-0.2, 0) is 0 Å². The first-order valence-corrected chi connectivity index (χ1v) is 19.7. The zero-order valence-corrected chi connectivity index (χ0v) is 31.3. The fourth-order valence-electron chi connectivity index (χ4n) is 8.93. The van der Waals surface area contributed by atoms with Crippen molar-refractivity contribution in [2.45, 2.75) is 0 Å². The number of hydrogen-bond acceptors (Lipinski definition) is 1. The van der Waals surface area contributed by atoms with E-state index in [1.54, 1.807) is 0 Å². The highest BCUT2D eigenvalue weighted by Gasteiger charge is 2.22. The van der Waals surface area contributed by atoms with Gasteiger partial charge in [0.05, 0.1) is 11.4 Å². The number of benzene rings is 11. The lowest BCUT2D eigenvalue weighted by molar-refractivity contribution is 1.30. The summed E-state index contributed by atoms with van der Waals surface area (Å²) in [7, 11) is 0. The van der Waals surface area contributed by atoms with Crippen LogP contribution in [0.4, 0.5) is 17.1 Å². The predicted molar refractivity (Wildman–Crippen MR) is 245 cm³/mol. The predicted octanol–water partition coefficient (Wildman–Crippen LogP) is 15.9. The Morgan fingerprint density at radius 2 is 0.807 bits per heavy atom. The first kappa shape index (κ1) is 32.9. The number of rotatable bonds is 6. The van der Waals surface area contributed by atoms with Gasteiger partial charge >= 0.3 is 0 Å². The van der Waals surface area contributed by atoms with Gasteiger partial charge in [0, 0.05) is 16.6 Å². The van der Waals surface area contributed by atoms with Crippen LogP contribution in [0.15, 0.2) is 224 Å². The van der Waals surface area contributed by atoms with Gasteiger partial charge in [-0.05, 0) is 113 Å². The molecule has 0 unspecified atom stereocenters. The van der Waals surface area contributed by atoms with E-state index in [0.29, 0.717) is 0 Å². The number of fused-ring (bicyclic) bond motifs is 7. The molecule has 0 fully saturated rings.